The third-order valence-electron chi connectivity index (χ3n) is 4.38. The predicted octanol–water partition coefficient (Wildman–Crippen LogP) is 3.33. The van der Waals surface area contributed by atoms with Crippen molar-refractivity contribution in [3.05, 3.63) is 23.9 Å². The van der Waals surface area contributed by atoms with Gasteiger partial charge in [0.15, 0.2) is 0 Å². The first-order chi connectivity index (χ1) is 10.1. The van der Waals surface area contributed by atoms with Crippen LogP contribution < -0.4 is 4.90 Å². The van der Waals surface area contributed by atoms with E-state index in [9.17, 15) is 4.79 Å². The van der Waals surface area contributed by atoms with Gasteiger partial charge in [-0.15, -0.1) is 0 Å². The molecule has 1 amide bonds. The molecule has 2 rings (SSSR count). The van der Waals surface area contributed by atoms with Crippen molar-refractivity contribution < 1.29 is 4.79 Å². The molecule has 4 nitrogen and oxygen atoms in total. The van der Waals surface area contributed by atoms with Gasteiger partial charge in [-0.05, 0) is 31.4 Å². The number of rotatable bonds is 5. The highest BCUT2D eigenvalue weighted by Gasteiger charge is 2.25. The standard InChI is InChI=1S/C17H27N3O/c1-4-13-19(2)16-15(11-8-12-18-16)17(21)20(3)14-9-6-5-7-10-14/h8,11-12,14H,4-7,9-10,13H2,1-3H3. The van der Waals surface area contributed by atoms with Crippen LogP contribution in [0.2, 0.25) is 0 Å². The minimum absolute atomic E-state index is 0.105. The minimum atomic E-state index is 0.105. The Hall–Kier alpha value is -1.58. The summed E-state index contributed by atoms with van der Waals surface area (Å²) in [6.07, 6.45) is 8.83. The van der Waals surface area contributed by atoms with Gasteiger partial charge < -0.3 is 9.80 Å². The highest BCUT2D eigenvalue weighted by molar-refractivity contribution is 5.98. The van der Waals surface area contributed by atoms with E-state index in [-0.39, 0.29) is 5.91 Å². The molecule has 1 heterocycles. The van der Waals surface area contributed by atoms with E-state index in [0.717, 1.165) is 37.2 Å². The van der Waals surface area contributed by atoms with E-state index >= 15 is 0 Å². The van der Waals surface area contributed by atoms with Crippen LogP contribution in [0.1, 0.15) is 55.8 Å². The second kappa shape index (κ2) is 7.43. The maximum atomic E-state index is 12.8. The zero-order valence-corrected chi connectivity index (χ0v) is 13.5. The average Bonchev–Trinajstić information content (AvgIpc) is 2.54. The van der Waals surface area contributed by atoms with Gasteiger partial charge in [0.1, 0.15) is 5.82 Å². The fraction of sp³-hybridized carbons (Fsp3) is 0.647. The Bertz CT molecular complexity index is 469. The number of aromatic nitrogens is 1. The first-order valence-corrected chi connectivity index (χ1v) is 8.08. The normalized spacial score (nSPS) is 15.8. The monoisotopic (exact) mass is 289 g/mol. The van der Waals surface area contributed by atoms with Crippen LogP contribution in [0.3, 0.4) is 0 Å². The van der Waals surface area contributed by atoms with E-state index in [4.69, 9.17) is 0 Å². The van der Waals surface area contributed by atoms with Crippen LogP contribution in [-0.4, -0.2) is 42.5 Å². The van der Waals surface area contributed by atoms with E-state index in [0.29, 0.717) is 6.04 Å². The van der Waals surface area contributed by atoms with E-state index in [1.807, 2.05) is 31.1 Å². The van der Waals surface area contributed by atoms with Crippen molar-refractivity contribution in [2.75, 3.05) is 25.5 Å². The molecular formula is C17H27N3O. The average molecular weight is 289 g/mol. The molecule has 0 N–H and O–H groups in total. The summed E-state index contributed by atoms with van der Waals surface area (Å²) < 4.78 is 0. The number of nitrogens with zero attached hydrogens (tertiary/aromatic N) is 3. The van der Waals surface area contributed by atoms with Crippen molar-refractivity contribution in [2.24, 2.45) is 0 Å². The van der Waals surface area contributed by atoms with Gasteiger partial charge in [0.25, 0.3) is 5.91 Å². The lowest BCUT2D eigenvalue weighted by Crippen LogP contribution is -2.39. The predicted molar refractivity (Wildman–Crippen MR) is 86.8 cm³/mol. The van der Waals surface area contributed by atoms with Crippen molar-refractivity contribution in [2.45, 2.75) is 51.5 Å². The minimum Gasteiger partial charge on any atom is -0.359 e. The van der Waals surface area contributed by atoms with E-state index in [2.05, 4.69) is 16.8 Å². The second-order valence-electron chi connectivity index (χ2n) is 6.00. The van der Waals surface area contributed by atoms with Crippen molar-refractivity contribution in [1.82, 2.24) is 9.88 Å². The van der Waals surface area contributed by atoms with Crippen molar-refractivity contribution >= 4 is 11.7 Å². The number of carbonyl (C=O) groups is 1. The largest absolute Gasteiger partial charge is 0.359 e. The number of anilines is 1. The molecule has 0 saturated heterocycles. The lowest BCUT2D eigenvalue weighted by Gasteiger charge is -2.32. The Labute approximate surface area is 128 Å². The molecule has 0 aromatic carbocycles. The Balaban J connectivity index is 2.18. The first-order valence-electron chi connectivity index (χ1n) is 8.08. The Morgan fingerprint density at radius 3 is 2.67 bits per heavy atom. The maximum Gasteiger partial charge on any atom is 0.257 e. The third kappa shape index (κ3) is 3.74. The highest BCUT2D eigenvalue weighted by atomic mass is 16.2. The van der Waals surface area contributed by atoms with Gasteiger partial charge in [-0.1, -0.05) is 26.2 Å². The zero-order chi connectivity index (χ0) is 15.2. The number of carbonyl (C=O) groups excluding carboxylic acids is 1. The number of amides is 1. The first kappa shape index (κ1) is 15.8. The molecule has 0 atom stereocenters. The van der Waals surface area contributed by atoms with Crippen molar-refractivity contribution in [3.63, 3.8) is 0 Å². The van der Waals surface area contributed by atoms with Crippen LogP contribution in [0.4, 0.5) is 5.82 Å². The second-order valence-corrected chi connectivity index (χ2v) is 6.00. The van der Waals surface area contributed by atoms with Crippen LogP contribution in [-0.2, 0) is 0 Å². The number of hydrogen-bond donors (Lipinski definition) is 0. The third-order valence-corrected chi connectivity index (χ3v) is 4.38. The summed E-state index contributed by atoms with van der Waals surface area (Å²) in [5, 5.41) is 0. The molecule has 1 aromatic rings. The Kier molecular flexibility index (Phi) is 5.59. The number of pyridine rings is 1. The van der Waals surface area contributed by atoms with Gasteiger partial charge in [0.05, 0.1) is 5.56 Å². The van der Waals surface area contributed by atoms with Crippen LogP contribution >= 0.6 is 0 Å². The fourth-order valence-corrected chi connectivity index (χ4v) is 3.13. The van der Waals surface area contributed by atoms with Crippen LogP contribution in [0, 0.1) is 0 Å². The summed E-state index contributed by atoms with van der Waals surface area (Å²) in [6.45, 7) is 3.04. The molecule has 1 aromatic heterocycles. The lowest BCUT2D eigenvalue weighted by atomic mass is 9.94. The van der Waals surface area contributed by atoms with E-state index in [1.165, 1.54) is 19.3 Å². The molecule has 1 fully saturated rings. The molecule has 1 aliphatic carbocycles. The van der Waals surface area contributed by atoms with Crippen LogP contribution in [0.5, 0.6) is 0 Å². The van der Waals surface area contributed by atoms with Crippen LogP contribution in [0.15, 0.2) is 18.3 Å². The molecule has 1 saturated carbocycles. The molecular weight excluding hydrogens is 262 g/mol. The number of hydrogen-bond acceptors (Lipinski definition) is 3. The molecule has 116 valence electrons. The molecule has 4 heteroatoms. The van der Waals surface area contributed by atoms with E-state index < -0.39 is 0 Å². The summed E-state index contributed by atoms with van der Waals surface area (Å²) in [4.78, 5) is 21.3. The Morgan fingerprint density at radius 2 is 2.00 bits per heavy atom. The summed E-state index contributed by atoms with van der Waals surface area (Å²) in [6, 6.07) is 4.14. The van der Waals surface area contributed by atoms with Gasteiger partial charge >= 0.3 is 0 Å². The van der Waals surface area contributed by atoms with Crippen molar-refractivity contribution in [1.29, 1.82) is 0 Å². The summed E-state index contributed by atoms with van der Waals surface area (Å²) in [5.41, 5.74) is 0.724. The molecule has 0 unspecified atom stereocenters. The lowest BCUT2D eigenvalue weighted by molar-refractivity contribution is 0.0696. The molecule has 21 heavy (non-hydrogen) atoms. The summed E-state index contributed by atoms with van der Waals surface area (Å²) >= 11 is 0. The Morgan fingerprint density at radius 1 is 1.29 bits per heavy atom. The SMILES string of the molecule is CCCN(C)c1ncccc1C(=O)N(C)C1CCCCC1. The zero-order valence-electron chi connectivity index (χ0n) is 13.5. The van der Waals surface area contributed by atoms with Crippen LogP contribution in [0.25, 0.3) is 0 Å². The van der Waals surface area contributed by atoms with Gasteiger partial charge in [-0.2, -0.15) is 0 Å². The molecule has 0 bridgehead atoms. The molecule has 0 radical (unpaired) electrons. The topological polar surface area (TPSA) is 36.4 Å². The molecule has 1 aliphatic rings. The van der Waals surface area contributed by atoms with Crippen molar-refractivity contribution in [3.8, 4) is 0 Å². The quantitative estimate of drug-likeness (QED) is 0.834. The molecule has 0 aliphatic heterocycles. The van der Waals surface area contributed by atoms with Gasteiger partial charge in [0, 0.05) is 32.9 Å². The highest BCUT2D eigenvalue weighted by Crippen LogP contribution is 2.25. The van der Waals surface area contributed by atoms with Gasteiger partial charge in [0.2, 0.25) is 0 Å². The maximum absolute atomic E-state index is 12.8. The van der Waals surface area contributed by atoms with Gasteiger partial charge in [-0.25, -0.2) is 4.98 Å². The summed E-state index contributed by atoms with van der Waals surface area (Å²) in [7, 11) is 3.94. The summed E-state index contributed by atoms with van der Waals surface area (Å²) in [5.74, 6) is 0.903. The smallest absolute Gasteiger partial charge is 0.257 e. The molecule has 0 spiro atoms. The van der Waals surface area contributed by atoms with E-state index in [1.54, 1.807) is 6.20 Å². The fourth-order valence-electron chi connectivity index (χ4n) is 3.13. The van der Waals surface area contributed by atoms with Gasteiger partial charge in [-0.3, -0.25) is 4.79 Å².